The van der Waals surface area contributed by atoms with Crippen molar-refractivity contribution in [3.05, 3.63) is 60.1 Å². The van der Waals surface area contributed by atoms with Gasteiger partial charge in [-0.2, -0.15) is 0 Å². The van der Waals surface area contributed by atoms with E-state index in [-0.39, 0.29) is 11.9 Å². The molecule has 1 N–H and O–H groups in total. The summed E-state index contributed by atoms with van der Waals surface area (Å²) in [6, 6.07) is 11.8. The molecule has 2 aromatic rings. The SMILES string of the molecule is CC(C)CC(NC(=O)c1ccoc1)c1ccccc1. The third-order valence-corrected chi connectivity index (χ3v) is 3.00. The van der Waals surface area contributed by atoms with Gasteiger partial charge in [-0.1, -0.05) is 44.2 Å². The van der Waals surface area contributed by atoms with Gasteiger partial charge < -0.3 is 9.73 Å². The lowest BCUT2D eigenvalue weighted by Gasteiger charge is -2.20. The Bertz CT molecular complexity index is 503. The summed E-state index contributed by atoms with van der Waals surface area (Å²) in [6.07, 6.45) is 3.88. The van der Waals surface area contributed by atoms with Crippen molar-refractivity contribution in [2.24, 2.45) is 5.92 Å². The maximum absolute atomic E-state index is 12.1. The van der Waals surface area contributed by atoms with Crippen molar-refractivity contribution in [2.45, 2.75) is 26.3 Å². The van der Waals surface area contributed by atoms with E-state index in [0.717, 1.165) is 12.0 Å². The van der Waals surface area contributed by atoms with Crippen LogP contribution >= 0.6 is 0 Å². The molecule has 0 spiro atoms. The number of benzene rings is 1. The highest BCUT2D eigenvalue weighted by atomic mass is 16.3. The highest BCUT2D eigenvalue weighted by molar-refractivity contribution is 5.94. The molecule has 1 aromatic heterocycles. The van der Waals surface area contributed by atoms with E-state index in [1.54, 1.807) is 6.07 Å². The van der Waals surface area contributed by atoms with Crippen LogP contribution < -0.4 is 5.32 Å². The van der Waals surface area contributed by atoms with E-state index in [1.807, 2.05) is 30.3 Å². The Balaban J connectivity index is 2.13. The monoisotopic (exact) mass is 257 g/mol. The van der Waals surface area contributed by atoms with Crippen molar-refractivity contribution >= 4 is 5.91 Å². The van der Waals surface area contributed by atoms with Gasteiger partial charge in [-0.25, -0.2) is 0 Å². The van der Waals surface area contributed by atoms with Crippen LogP contribution in [0.15, 0.2) is 53.3 Å². The van der Waals surface area contributed by atoms with Crippen molar-refractivity contribution < 1.29 is 9.21 Å². The maximum atomic E-state index is 12.1. The van der Waals surface area contributed by atoms with E-state index in [2.05, 4.69) is 19.2 Å². The molecule has 1 amide bonds. The van der Waals surface area contributed by atoms with Gasteiger partial charge in [0.1, 0.15) is 6.26 Å². The van der Waals surface area contributed by atoms with Crippen molar-refractivity contribution in [1.29, 1.82) is 0 Å². The lowest BCUT2D eigenvalue weighted by Crippen LogP contribution is -2.29. The van der Waals surface area contributed by atoms with Gasteiger partial charge >= 0.3 is 0 Å². The molecule has 1 heterocycles. The molecular formula is C16H19NO2. The summed E-state index contributed by atoms with van der Waals surface area (Å²) in [5, 5.41) is 3.07. The molecule has 0 aliphatic carbocycles. The molecular weight excluding hydrogens is 238 g/mol. The Morgan fingerprint density at radius 1 is 1.21 bits per heavy atom. The summed E-state index contributed by atoms with van der Waals surface area (Å²) in [5.74, 6) is 0.415. The van der Waals surface area contributed by atoms with Gasteiger partial charge in [0.25, 0.3) is 5.91 Å². The fourth-order valence-corrected chi connectivity index (χ4v) is 2.07. The molecule has 0 bridgehead atoms. The molecule has 3 heteroatoms. The minimum absolute atomic E-state index is 0.0311. The molecule has 0 saturated carbocycles. The topological polar surface area (TPSA) is 42.2 Å². The molecule has 0 radical (unpaired) electrons. The number of amides is 1. The van der Waals surface area contributed by atoms with Crippen molar-refractivity contribution in [2.75, 3.05) is 0 Å². The van der Waals surface area contributed by atoms with Crippen LogP contribution in [0, 0.1) is 5.92 Å². The van der Waals surface area contributed by atoms with E-state index in [0.29, 0.717) is 11.5 Å². The fraction of sp³-hybridized carbons (Fsp3) is 0.312. The Kier molecular flexibility index (Phi) is 4.39. The molecule has 1 atom stereocenters. The summed E-state index contributed by atoms with van der Waals surface area (Å²) in [7, 11) is 0. The largest absolute Gasteiger partial charge is 0.472 e. The zero-order chi connectivity index (χ0) is 13.7. The highest BCUT2D eigenvalue weighted by Gasteiger charge is 2.17. The predicted molar refractivity (Wildman–Crippen MR) is 74.8 cm³/mol. The summed E-state index contributed by atoms with van der Waals surface area (Å²) in [4.78, 5) is 12.1. The molecule has 0 saturated heterocycles. The zero-order valence-corrected chi connectivity index (χ0v) is 11.3. The summed E-state index contributed by atoms with van der Waals surface area (Å²) >= 11 is 0. The molecule has 2 rings (SSSR count). The summed E-state index contributed by atoms with van der Waals surface area (Å²) in [5.41, 5.74) is 1.69. The van der Waals surface area contributed by atoms with Crippen LogP contribution in [0.4, 0.5) is 0 Å². The van der Waals surface area contributed by atoms with Crippen LogP contribution in [-0.2, 0) is 0 Å². The van der Waals surface area contributed by atoms with Crippen LogP contribution in [0.25, 0.3) is 0 Å². The van der Waals surface area contributed by atoms with Crippen LogP contribution in [0.1, 0.15) is 42.2 Å². The quantitative estimate of drug-likeness (QED) is 0.885. The normalized spacial score (nSPS) is 12.4. The lowest BCUT2D eigenvalue weighted by molar-refractivity contribution is 0.0931. The number of rotatable bonds is 5. The molecule has 3 nitrogen and oxygen atoms in total. The molecule has 0 aliphatic rings. The second-order valence-corrected chi connectivity index (χ2v) is 5.08. The third-order valence-electron chi connectivity index (χ3n) is 3.00. The van der Waals surface area contributed by atoms with E-state index in [9.17, 15) is 4.79 Å². The summed E-state index contributed by atoms with van der Waals surface area (Å²) in [6.45, 7) is 4.31. The second-order valence-electron chi connectivity index (χ2n) is 5.08. The average Bonchev–Trinajstić information content (AvgIpc) is 2.92. The number of carbonyl (C=O) groups excluding carboxylic acids is 1. The molecule has 0 fully saturated rings. The molecule has 100 valence electrons. The molecule has 19 heavy (non-hydrogen) atoms. The van der Waals surface area contributed by atoms with Gasteiger partial charge in [-0.05, 0) is 24.0 Å². The van der Waals surface area contributed by atoms with Gasteiger partial charge in [-0.15, -0.1) is 0 Å². The van der Waals surface area contributed by atoms with E-state index in [4.69, 9.17) is 4.42 Å². The van der Waals surface area contributed by atoms with Crippen LogP contribution in [0.5, 0.6) is 0 Å². The van der Waals surface area contributed by atoms with Gasteiger partial charge in [0.05, 0.1) is 17.9 Å². The van der Waals surface area contributed by atoms with Crippen LogP contribution in [0.3, 0.4) is 0 Å². The first kappa shape index (κ1) is 13.4. The second kappa shape index (κ2) is 6.23. The average molecular weight is 257 g/mol. The Morgan fingerprint density at radius 2 is 1.95 bits per heavy atom. The van der Waals surface area contributed by atoms with Gasteiger partial charge in [0, 0.05) is 0 Å². The first-order valence-electron chi connectivity index (χ1n) is 6.55. The Labute approximate surface area is 113 Å². The molecule has 1 aromatic carbocycles. The predicted octanol–water partition coefficient (Wildman–Crippen LogP) is 3.80. The lowest BCUT2D eigenvalue weighted by atomic mass is 9.97. The number of furan rings is 1. The van der Waals surface area contributed by atoms with Crippen LogP contribution in [-0.4, -0.2) is 5.91 Å². The van der Waals surface area contributed by atoms with Crippen molar-refractivity contribution in [3.8, 4) is 0 Å². The number of hydrogen-bond acceptors (Lipinski definition) is 2. The molecule has 1 unspecified atom stereocenters. The third kappa shape index (κ3) is 3.71. The van der Waals surface area contributed by atoms with Gasteiger partial charge in [0.15, 0.2) is 0 Å². The fourth-order valence-electron chi connectivity index (χ4n) is 2.07. The van der Waals surface area contributed by atoms with E-state index < -0.39 is 0 Å². The first-order chi connectivity index (χ1) is 9.16. The Hall–Kier alpha value is -2.03. The van der Waals surface area contributed by atoms with Crippen LogP contribution in [0.2, 0.25) is 0 Å². The van der Waals surface area contributed by atoms with E-state index in [1.165, 1.54) is 12.5 Å². The number of nitrogens with one attached hydrogen (secondary N) is 1. The van der Waals surface area contributed by atoms with Crippen molar-refractivity contribution in [3.63, 3.8) is 0 Å². The first-order valence-corrected chi connectivity index (χ1v) is 6.55. The molecule has 0 aliphatic heterocycles. The van der Waals surface area contributed by atoms with E-state index >= 15 is 0 Å². The number of carbonyl (C=O) groups is 1. The number of hydrogen-bond donors (Lipinski definition) is 1. The highest BCUT2D eigenvalue weighted by Crippen LogP contribution is 2.21. The summed E-state index contributed by atoms with van der Waals surface area (Å²) < 4.78 is 4.94. The van der Waals surface area contributed by atoms with Gasteiger partial charge in [-0.3, -0.25) is 4.79 Å². The minimum Gasteiger partial charge on any atom is -0.472 e. The zero-order valence-electron chi connectivity index (χ0n) is 11.3. The Morgan fingerprint density at radius 3 is 2.53 bits per heavy atom. The maximum Gasteiger partial charge on any atom is 0.255 e. The van der Waals surface area contributed by atoms with Crippen molar-refractivity contribution in [1.82, 2.24) is 5.32 Å². The minimum atomic E-state index is -0.0942. The smallest absolute Gasteiger partial charge is 0.255 e. The standard InChI is InChI=1S/C16H19NO2/c1-12(2)10-15(13-6-4-3-5-7-13)17-16(18)14-8-9-19-11-14/h3-9,11-12,15H,10H2,1-2H3,(H,17,18). The van der Waals surface area contributed by atoms with Gasteiger partial charge in [0.2, 0.25) is 0 Å².